The van der Waals surface area contributed by atoms with Crippen molar-refractivity contribution in [3.05, 3.63) is 33.6 Å². The van der Waals surface area contributed by atoms with E-state index in [1.807, 2.05) is 12.4 Å². The summed E-state index contributed by atoms with van der Waals surface area (Å²) in [5.41, 5.74) is 2.04. The molecule has 0 aliphatic carbocycles. The first-order valence-corrected chi connectivity index (χ1v) is 7.58. The van der Waals surface area contributed by atoms with Crippen LogP contribution in [0.4, 0.5) is 0 Å². The van der Waals surface area contributed by atoms with Crippen LogP contribution in [0.2, 0.25) is 0 Å². The molecule has 0 saturated carbocycles. The maximum absolute atomic E-state index is 4.56. The molecule has 5 heteroatoms. The average Bonchev–Trinajstić information content (AvgIpc) is 2.30. The SMILES string of the molecule is CC/N=c1/c2cc(I)ccc2ncn1CI. The molecule has 84 valence electrons. The van der Waals surface area contributed by atoms with Crippen LogP contribution in [0.5, 0.6) is 0 Å². The third-order valence-corrected chi connectivity index (χ3v) is 3.65. The maximum Gasteiger partial charge on any atom is 0.139 e. The Labute approximate surface area is 121 Å². The first kappa shape index (κ1) is 12.3. The van der Waals surface area contributed by atoms with E-state index in [2.05, 4.69) is 78.8 Å². The van der Waals surface area contributed by atoms with Gasteiger partial charge in [0.05, 0.1) is 16.4 Å². The number of rotatable bonds is 2. The van der Waals surface area contributed by atoms with Gasteiger partial charge in [-0.25, -0.2) is 4.98 Å². The van der Waals surface area contributed by atoms with Crippen molar-refractivity contribution in [2.45, 2.75) is 11.5 Å². The number of nitrogens with zero attached hydrogens (tertiary/aromatic N) is 3. The van der Waals surface area contributed by atoms with E-state index in [0.29, 0.717) is 0 Å². The van der Waals surface area contributed by atoms with Crippen molar-refractivity contribution in [2.24, 2.45) is 4.99 Å². The number of aromatic nitrogens is 2. The fraction of sp³-hybridized carbons (Fsp3) is 0.273. The van der Waals surface area contributed by atoms with Gasteiger partial charge in [0.2, 0.25) is 0 Å². The van der Waals surface area contributed by atoms with Crippen LogP contribution in [0.25, 0.3) is 10.9 Å². The highest BCUT2D eigenvalue weighted by Crippen LogP contribution is 2.12. The molecule has 0 bridgehead atoms. The molecule has 0 N–H and O–H groups in total. The lowest BCUT2D eigenvalue weighted by Gasteiger charge is -2.06. The Morgan fingerprint density at radius 2 is 2.25 bits per heavy atom. The Kier molecular flexibility index (Phi) is 4.17. The normalized spacial score (nSPS) is 12.3. The van der Waals surface area contributed by atoms with Gasteiger partial charge in [0.15, 0.2) is 0 Å². The molecule has 1 heterocycles. The van der Waals surface area contributed by atoms with Crippen molar-refractivity contribution in [1.82, 2.24) is 9.55 Å². The third kappa shape index (κ3) is 2.39. The number of hydrogen-bond donors (Lipinski definition) is 0. The molecular weight excluding hydrogens is 428 g/mol. The second kappa shape index (κ2) is 5.44. The summed E-state index contributed by atoms with van der Waals surface area (Å²) in [6.45, 7) is 2.85. The topological polar surface area (TPSA) is 30.2 Å². The number of benzene rings is 1. The molecule has 0 spiro atoms. The van der Waals surface area contributed by atoms with Crippen LogP contribution >= 0.6 is 45.2 Å². The molecule has 3 nitrogen and oxygen atoms in total. The molecule has 1 aromatic carbocycles. The standard InChI is InChI=1S/C11H11I2N3/c1-2-14-11-9-5-8(13)3-4-10(9)15-7-16(11)6-12/h3-5,7H,2,6H2,1H3/b14-11-. The van der Waals surface area contributed by atoms with Crippen molar-refractivity contribution in [2.75, 3.05) is 6.54 Å². The molecule has 0 saturated heterocycles. The molecule has 0 atom stereocenters. The number of halogens is 2. The third-order valence-electron chi connectivity index (χ3n) is 2.24. The van der Waals surface area contributed by atoms with E-state index < -0.39 is 0 Å². The van der Waals surface area contributed by atoms with Crippen molar-refractivity contribution < 1.29 is 0 Å². The van der Waals surface area contributed by atoms with Crippen LogP contribution in [0.1, 0.15) is 6.92 Å². The van der Waals surface area contributed by atoms with E-state index in [1.165, 1.54) is 3.57 Å². The Bertz CT molecular complexity index is 575. The van der Waals surface area contributed by atoms with Crippen LogP contribution in [0.15, 0.2) is 29.5 Å². The van der Waals surface area contributed by atoms with E-state index in [-0.39, 0.29) is 0 Å². The molecule has 2 rings (SSSR count). The first-order chi connectivity index (χ1) is 7.76. The molecule has 0 radical (unpaired) electrons. The molecule has 0 unspecified atom stereocenters. The van der Waals surface area contributed by atoms with Gasteiger partial charge < -0.3 is 4.57 Å². The van der Waals surface area contributed by atoms with Gasteiger partial charge in [-0.1, -0.05) is 22.6 Å². The smallest absolute Gasteiger partial charge is 0.139 e. The highest BCUT2D eigenvalue weighted by atomic mass is 127. The molecular formula is C11H11I2N3. The molecule has 0 aliphatic rings. The lowest BCUT2D eigenvalue weighted by molar-refractivity contribution is 0.801. The monoisotopic (exact) mass is 439 g/mol. The van der Waals surface area contributed by atoms with E-state index in [4.69, 9.17) is 0 Å². The summed E-state index contributed by atoms with van der Waals surface area (Å²) in [5.74, 6) is 0. The summed E-state index contributed by atoms with van der Waals surface area (Å²) in [5, 5.41) is 1.13. The Hall–Kier alpha value is -0.180. The summed E-state index contributed by atoms with van der Waals surface area (Å²) in [4.78, 5) is 8.99. The summed E-state index contributed by atoms with van der Waals surface area (Å²) >= 11 is 4.64. The van der Waals surface area contributed by atoms with E-state index in [0.717, 1.165) is 27.5 Å². The number of alkyl halides is 1. The zero-order valence-electron chi connectivity index (χ0n) is 8.82. The molecule has 0 amide bonds. The Balaban J connectivity index is 2.87. The fourth-order valence-corrected chi connectivity index (χ4v) is 2.54. The van der Waals surface area contributed by atoms with Crippen LogP contribution in [-0.2, 0) is 4.55 Å². The molecule has 1 aromatic heterocycles. The van der Waals surface area contributed by atoms with E-state index in [1.54, 1.807) is 0 Å². The highest BCUT2D eigenvalue weighted by molar-refractivity contribution is 14.1. The summed E-state index contributed by atoms with van der Waals surface area (Å²) in [6.07, 6.45) is 1.86. The van der Waals surface area contributed by atoms with Gasteiger partial charge in [-0.15, -0.1) is 0 Å². The summed E-state index contributed by atoms with van der Waals surface area (Å²) in [7, 11) is 0. The van der Waals surface area contributed by atoms with Gasteiger partial charge in [0.1, 0.15) is 5.49 Å². The molecule has 16 heavy (non-hydrogen) atoms. The molecule has 0 aliphatic heterocycles. The minimum Gasteiger partial charge on any atom is -0.307 e. The molecule has 2 aromatic rings. The minimum absolute atomic E-state index is 0.793. The van der Waals surface area contributed by atoms with Crippen molar-refractivity contribution in [3.63, 3.8) is 0 Å². The van der Waals surface area contributed by atoms with E-state index >= 15 is 0 Å². The van der Waals surface area contributed by atoms with Gasteiger partial charge in [0, 0.05) is 15.5 Å². The minimum atomic E-state index is 0.793. The van der Waals surface area contributed by atoms with Crippen LogP contribution in [0, 0.1) is 3.57 Å². The average molecular weight is 439 g/mol. The Morgan fingerprint density at radius 1 is 1.44 bits per heavy atom. The van der Waals surface area contributed by atoms with Gasteiger partial charge >= 0.3 is 0 Å². The zero-order valence-corrected chi connectivity index (χ0v) is 13.1. The predicted molar refractivity (Wildman–Crippen MR) is 82.6 cm³/mol. The van der Waals surface area contributed by atoms with Crippen molar-refractivity contribution in [1.29, 1.82) is 0 Å². The quantitative estimate of drug-likeness (QED) is 0.523. The second-order valence-corrected chi connectivity index (χ2v) is 5.22. The van der Waals surface area contributed by atoms with Gasteiger partial charge in [0.25, 0.3) is 0 Å². The number of fused-ring (bicyclic) bond motifs is 1. The van der Waals surface area contributed by atoms with Crippen LogP contribution in [-0.4, -0.2) is 16.1 Å². The van der Waals surface area contributed by atoms with Crippen LogP contribution in [0.3, 0.4) is 0 Å². The van der Waals surface area contributed by atoms with Crippen molar-refractivity contribution >= 4 is 56.1 Å². The first-order valence-electron chi connectivity index (χ1n) is 4.97. The van der Waals surface area contributed by atoms with Gasteiger partial charge in [-0.05, 0) is 47.7 Å². The summed E-state index contributed by atoms with van der Waals surface area (Å²) in [6, 6.07) is 6.25. The lowest BCUT2D eigenvalue weighted by Crippen LogP contribution is -2.21. The lowest BCUT2D eigenvalue weighted by atomic mass is 10.2. The van der Waals surface area contributed by atoms with Gasteiger partial charge in [-0.3, -0.25) is 4.99 Å². The van der Waals surface area contributed by atoms with Crippen molar-refractivity contribution in [3.8, 4) is 0 Å². The molecule has 0 fully saturated rings. The second-order valence-electron chi connectivity index (χ2n) is 3.29. The fourth-order valence-electron chi connectivity index (χ4n) is 1.55. The largest absolute Gasteiger partial charge is 0.307 e. The Morgan fingerprint density at radius 3 is 2.94 bits per heavy atom. The summed E-state index contributed by atoms with van der Waals surface area (Å²) < 4.78 is 4.15. The van der Waals surface area contributed by atoms with Gasteiger partial charge in [-0.2, -0.15) is 0 Å². The zero-order chi connectivity index (χ0) is 11.5. The number of hydrogen-bond acceptors (Lipinski definition) is 2. The highest BCUT2D eigenvalue weighted by Gasteiger charge is 2.01. The maximum atomic E-state index is 4.56. The van der Waals surface area contributed by atoms with E-state index in [9.17, 15) is 0 Å². The van der Waals surface area contributed by atoms with Crippen LogP contribution < -0.4 is 5.49 Å². The predicted octanol–water partition coefficient (Wildman–Crippen LogP) is 2.95.